The third-order valence-corrected chi connectivity index (χ3v) is 6.34. The number of rotatable bonds is 9. The van der Waals surface area contributed by atoms with Crippen LogP contribution in [0.15, 0.2) is 120 Å². The van der Waals surface area contributed by atoms with E-state index in [0.29, 0.717) is 22.6 Å². The van der Waals surface area contributed by atoms with Crippen LogP contribution >= 0.6 is 0 Å². The van der Waals surface area contributed by atoms with Gasteiger partial charge in [-0.15, -0.1) is 0 Å². The van der Waals surface area contributed by atoms with Crippen LogP contribution in [-0.2, 0) is 0 Å². The second-order valence-corrected chi connectivity index (χ2v) is 9.08. The topological polar surface area (TPSA) is 126 Å². The van der Waals surface area contributed by atoms with Gasteiger partial charge in [0, 0.05) is 18.8 Å². The van der Waals surface area contributed by atoms with Gasteiger partial charge in [-0.05, 0) is 111 Å². The quantitative estimate of drug-likeness (QED) is 0.184. The monoisotopic (exact) mass is 531 g/mol. The standard InChI is InChI=1S/C30H29N9O/c1-4-39(5-2)26-14-10-23(11-15-26)34-36-24-12-16-27(20(3)18-24)38-35-22-8-6-21(7-9-22)33-37-25-13-17-28-29(19-25)32-30(40)31-28/h6-19H,4-5H2,1-3H3,(H2,31,32,40). The van der Waals surface area contributed by atoms with Gasteiger partial charge in [0.1, 0.15) is 0 Å². The maximum absolute atomic E-state index is 11.4. The van der Waals surface area contributed by atoms with Crippen LogP contribution in [0.3, 0.4) is 0 Å². The number of azo groups is 3. The Kier molecular flexibility index (Phi) is 7.96. The number of aryl methyl sites for hydroxylation is 1. The fraction of sp³-hybridized carbons (Fsp3) is 0.167. The molecule has 0 aliphatic heterocycles. The zero-order valence-corrected chi connectivity index (χ0v) is 22.5. The van der Waals surface area contributed by atoms with E-state index in [9.17, 15) is 4.79 Å². The average molecular weight is 532 g/mol. The summed E-state index contributed by atoms with van der Waals surface area (Å²) in [6, 6.07) is 26.4. The Balaban J connectivity index is 1.20. The first kappa shape index (κ1) is 26.4. The minimum Gasteiger partial charge on any atom is -0.372 e. The van der Waals surface area contributed by atoms with Crippen molar-refractivity contribution in [3.63, 3.8) is 0 Å². The lowest BCUT2D eigenvalue weighted by Gasteiger charge is -2.20. The van der Waals surface area contributed by atoms with Crippen LogP contribution in [-0.4, -0.2) is 23.1 Å². The van der Waals surface area contributed by atoms with Crippen molar-refractivity contribution in [2.75, 3.05) is 18.0 Å². The highest BCUT2D eigenvalue weighted by atomic mass is 16.1. The van der Waals surface area contributed by atoms with Crippen molar-refractivity contribution >= 4 is 50.8 Å². The predicted octanol–water partition coefficient (Wildman–Crippen LogP) is 9.26. The smallest absolute Gasteiger partial charge is 0.323 e. The molecule has 4 aromatic carbocycles. The van der Waals surface area contributed by atoms with Crippen molar-refractivity contribution in [2.24, 2.45) is 30.7 Å². The van der Waals surface area contributed by atoms with Gasteiger partial charge in [-0.2, -0.15) is 30.7 Å². The van der Waals surface area contributed by atoms with Crippen molar-refractivity contribution in [3.8, 4) is 0 Å². The van der Waals surface area contributed by atoms with E-state index < -0.39 is 0 Å². The maximum Gasteiger partial charge on any atom is 0.323 e. The highest BCUT2D eigenvalue weighted by Crippen LogP contribution is 2.29. The number of benzene rings is 4. The van der Waals surface area contributed by atoms with E-state index in [-0.39, 0.29) is 5.69 Å². The maximum atomic E-state index is 11.4. The van der Waals surface area contributed by atoms with Gasteiger partial charge in [-0.25, -0.2) is 4.79 Å². The van der Waals surface area contributed by atoms with Crippen molar-refractivity contribution in [2.45, 2.75) is 20.8 Å². The van der Waals surface area contributed by atoms with E-state index in [4.69, 9.17) is 0 Å². The fourth-order valence-electron chi connectivity index (χ4n) is 4.14. The molecule has 5 rings (SSSR count). The number of anilines is 1. The molecule has 1 heterocycles. The van der Waals surface area contributed by atoms with Gasteiger partial charge in [-0.1, -0.05) is 0 Å². The number of fused-ring (bicyclic) bond motifs is 1. The molecular formula is C30H29N9O. The zero-order chi connectivity index (χ0) is 27.9. The van der Waals surface area contributed by atoms with Crippen molar-refractivity contribution in [3.05, 3.63) is 101 Å². The molecule has 200 valence electrons. The summed E-state index contributed by atoms with van der Waals surface area (Å²) in [4.78, 5) is 19.1. The summed E-state index contributed by atoms with van der Waals surface area (Å²) in [6.45, 7) is 8.20. The lowest BCUT2D eigenvalue weighted by molar-refractivity contribution is 0.866. The molecule has 40 heavy (non-hydrogen) atoms. The zero-order valence-electron chi connectivity index (χ0n) is 22.5. The number of H-pyrrole nitrogens is 2. The Morgan fingerprint density at radius 3 is 1.65 bits per heavy atom. The van der Waals surface area contributed by atoms with E-state index in [1.54, 1.807) is 18.2 Å². The van der Waals surface area contributed by atoms with Crippen LogP contribution in [0.4, 0.5) is 39.8 Å². The Morgan fingerprint density at radius 1 is 0.575 bits per heavy atom. The number of nitrogens with zero attached hydrogens (tertiary/aromatic N) is 7. The summed E-state index contributed by atoms with van der Waals surface area (Å²) in [7, 11) is 0. The summed E-state index contributed by atoms with van der Waals surface area (Å²) in [5, 5.41) is 26.0. The van der Waals surface area contributed by atoms with Crippen LogP contribution < -0.4 is 10.6 Å². The van der Waals surface area contributed by atoms with Gasteiger partial charge in [0.2, 0.25) is 0 Å². The van der Waals surface area contributed by atoms with Crippen LogP contribution in [0.5, 0.6) is 0 Å². The molecule has 0 radical (unpaired) electrons. The first-order chi connectivity index (χ1) is 19.5. The molecule has 10 heteroatoms. The van der Waals surface area contributed by atoms with Gasteiger partial charge in [0.15, 0.2) is 0 Å². The van der Waals surface area contributed by atoms with Gasteiger partial charge < -0.3 is 14.9 Å². The van der Waals surface area contributed by atoms with E-state index in [1.807, 2.05) is 61.5 Å². The molecule has 0 aliphatic carbocycles. The van der Waals surface area contributed by atoms with Gasteiger partial charge in [0.05, 0.1) is 45.2 Å². The Morgan fingerprint density at radius 2 is 1.05 bits per heavy atom. The normalized spacial score (nSPS) is 11.9. The van der Waals surface area contributed by atoms with E-state index in [2.05, 4.69) is 71.5 Å². The fourth-order valence-corrected chi connectivity index (χ4v) is 4.14. The molecule has 0 unspecified atom stereocenters. The number of hydrogen-bond acceptors (Lipinski definition) is 8. The minimum atomic E-state index is -0.252. The molecule has 0 fully saturated rings. The minimum absolute atomic E-state index is 0.252. The molecule has 0 amide bonds. The Labute approximate surface area is 231 Å². The lowest BCUT2D eigenvalue weighted by atomic mass is 10.2. The molecule has 0 atom stereocenters. The van der Waals surface area contributed by atoms with Gasteiger partial charge in [0.25, 0.3) is 0 Å². The van der Waals surface area contributed by atoms with Crippen LogP contribution in [0.25, 0.3) is 11.0 Å². The third-order valence-electron chi connectivity index (χ3n) is 6.34. The number of hydrogen-bond donors (Lipinski definition) is 2. The molecule has 0 saturated carbocycles. The van der Waals surface area contributed by atoms with Crippen LogP contribution in [0, 0.1) is 6.92 Å². The Bertz CT molecular complexity index is 1740. The van der Waals surface area contributed by atoms with Gasteiger partial charge >= 0.3 is 5.69 Å². The molecule has 2 N–H and O–H groups in total. The second kappa shape index (κ2) is 12.1. The SMILES string of the molecule is CCN(CC)c1ccc(N=Nc2ccc(N=Nc3ccc(N=Nc4ccc5[nH]c(=O)[nH]c5c4)cc3)c(C)c2)cc1. The van der Waals surface area contributed by atoms with Crippen LogP contribution in [0.1, 0.15) is 19.4 Å². The molecule has 0 bridgehead atoms. The molecule has 0 aliphatic rings. The third kappa shape index (κ3) is 6.41. The van der Waals surface area contributed by atoms with Gasteiger partial charge in [-0.3, -0.25) is 0 Å². The van der Waals surface area contributed by atoms with E-state index in [1.165, 1.54) is 5.69 Å². The number of aromatic nitrogens is 2. The number of aromatic amines is 2. The first-order valence-electron chi connectivity index (χ1n) is 13.0. The number of nitrogens with one attached hydrogen (secondary N) is 2. The average Bonchev–Trinajstić information content (AvgIpc) is 3.35. The summed E-state index contributed by atoms with van der Waals surface area (Å²) in [5.74, 6) is 0. The predicted molar refractivity (Wildman–Crippen MR) is 159 cm³/mol. The van der Waals surface area contributed by atoms with Crippen molar-refractivity contribution in [1.82, 2.24) is 9.97 Å². The molecule has 5 aromatic rings. The summed E-state index contributed by atoms with van der Waals surface area (Å²) < 4.78 is 0. The summed E-state index contributed by atoms with van der Waals surface area (Å²) in [6.07, 6.45) is 0. The lowest BCUT2D eigenvalue weighted by Crippen LogP contribution is -2.21. The van der Waals surface area contributed by atoms with E-state index in [0.717, 1.165) is 41.2 Å². The van der Waals surface area contributed by atoms with E-state index >= 15 is 0 Å². The highest BCUT2D eigenvalue weighted by Gasteiger charge is 2.03. The summed E-state index contributed by atoms with van der Waals surface area (Å²) in [5.41, 5.74) is 7.60. The summed E-state index contributed by atoms with van der Waals surface area (Å²) >= 11 is 0. The van der Waals surface area contributed by atoms with Crippen molar-refractivity contribution < 1.29 is 0 Å². The van der Waals surface area contributed by atoms with Crippen LogP contribution in [0.2, 0.25) is 0 Å². The Hall–Kier alpha value is -5.25. The largest absolute Gasteiger partial charge is 0.372 e. The second-order valence-electron chi connectivity index (χ2n) is 9.08. The highest BCUT2D eigenvalue weighted by molar-refractivity contribution is 5.77. The molecule has 10 nitrogen and oxygen atoms in total. The molecule has 0 spiro atoms. The molecule has 0 saturated heterocycles. The molecule has 1 aromatic heterocycles. The van der Waals surface area contributed by atoms with Crippen molar-refractivity contribution in [1.29, 1.82) is 0 Å². The number of imidazole rings is 1. The first-order valence-corrected chi connectivity index (χ1v) is 13.0. The molecular weight excluding hydrogens is 502 g/mol.